The Morgan fingerprint density at radius 1 is 1.43 bits per heavy atom. The summed E-state index contributed by atoms with van der Waals surface area (Å²) in [4.78, 5) is 5.80. The van der Waals surface area contributed by atoms with Crippen molar-refractivity contribution >= 4 is 21.6 Å². The van der Waals surface area contributed by atoms with Crippen molar-refractivity contribution in [3.8, 4) is 0 Å². The van der Waals surface area contributed by atoms with E-state index in [1.54, 1.807) is 11.3 Å². The van der Waals surface area contributed by atoms with Gasteiger partial charge in [0.05, 0.1) is 0 Å². The highest BCUT2D eigenvalue weighted by Gasteiger charge is 2.08. The molecule has 2 heteroatoms. The average Bonchev–Trinajstić information content (AvgIpc) is 2.63. The molecule has 0 bridgehead atoms. The van der Waals surface area contributed by atoms with E-state index in [4.69, 9.17) is 0 Å². The van der Waals surface area contributed by atoms with E-state index in [-0.39, 0.29) is 0 Å². The molecule has 0 fully saturated rings. The number of hydrogen-bond acceptors (Lipinski definition) is 2. The Kier molecular flexibility index (Phi) is 2.55. The lowest BCUT2D eigenvalue weighted by atomic mass is 10.00. The third-order valence-electron chi connectivity index (χ3n) is 2.51. The first-order valence-corrected chi connectivity index (χ1v) is 5.97. The van der Waals surface area contributed by atoms with Gasteiger partial charge in [-0.25, -0.2) is 4.98 Å². The summed E-state index contributed by atoms with van der Waals surface area (Å²) in [7, 11) is 0. The molecule has 0 aromatic carbocycles. The molecule has 2 rings (SSSR count). The molecule has 2 aromatic rings. The van der Waals surface area contributed by atoms with Crippen LogP contribution in [0.5, 0.6) is 0 Å². The highest BCUT2D eigenvalue weighted by atomic mass is 32.1. The van der Waals surface area contributed by atoms with Gasteiger partial charge in [0.25, 0.3) is 0 Å². The molecule has 2 aromatic heterocycles. The number of aryl methyl sites for hydroxylation is 1. The van der Waals surface area contributed by atoms with Crippen LogP contribution in [0.3, 0.4) is 0 Å². The molecule has 14 heavy (non-hydrogen) atoms. The second-order valence-electron chi connectivity index (χ2n) is 3.85. The van der Waals surface area contributed by atoms with Crippen LogP contribution in [-0.4, -0.2) is 4.98 Å². The van der Waals surface area contributed by atoms with Crippen LogP contribution < -0.4 is 0 Å². The predicted octanol–water partition coefficient (Wildman–Crippen LogP) is 3.98. The molecule has 0 unspecified atom stereocenters. The standard InChI is InChI=1S/C12H15NS/c1-4-9-7-11(8(2)3)10-5-6-14-12(10)13-9/h5-8H,4H2,1-3H3. The molecular formula is C12H15NS. The number of thiophene rings is 1. The minimum Gasteiger partial charge on any atom is -0.242 e. The molecule has 0 aliphatic carbocycles. The number of fused-ring (bicyclic) bond motifs is 1. The van der Waals surface area contributed by atoms with E-state index in [0.29, 0.717) is 5.92 Å². The van der Waals surface area contributed by atoms with E-state index in [1.807, 2.05) is 0 Å². The van der Waals surface area contributed by atoms with Crippen LogP contribution >= 0.6 is 11.3 Å². The Balaban J connectivity index is 2.70. The smallest absolute Gasteiger partial charge is 0.123 e. The van der Waals surface area contributed by atoms with Gasteiger partial charge in [0.15, 0.2) is 0 Å². The summed E-state index contributed by atoms with van der Waals surface area (Å²) >= 11 is 1.74. The largest absolute Gasteiger partial charge is 0.242 e. The van der Waals surface area contributed by atoms with E-state index in [0.717, 1.165) is 6.42 Å². The minimum absolute atomic E-state index is 0.584. The van der Waals surface area contributed by atoms with Gasteiger partial charge in [-0.15, -0.1) is 11.3 Å². The fourth-order valence-corrected chi connectivity index (χ4v) is 2.50. The van der Waals surface area contributed by atoms with Gasteiger partial charge in [0.1, 0.15) is 4.83 Å². The zero-order valence-corrected chi connectivity index (χ0v) is 9.69. The van der Waals surface area contributed by atoms with Gasteiger partial charge in [-0.1, -0.05) is 20.8 Å². The number of hydrogen-bond donors (Lipinski definition) is 0. The second kappa shape index (κ2) is 3.70. The summed E-state index contributed by atoms with van der Waals surface area (Å²) in [5.41, 5.74) is 2.65. The Morgan fingerprint density at radius 2 is 2.21 bits per heavy atom. The van der Waals surface area contributed by atoms with Crippen molar-refractivity contribution in [1.82, 2.24) is 4.98 Å². The van der Waals surface area contributed by atoms with Gasteiger partial charge < -0.3 is 0 Å². The van der Waals surface area contributed by atoms with Gasteiger partial charge in [-0.3, -0.25) is 0 Å². The monoisotopic (exact) mass is 205 g/mol. The Labute approximate surface area is 88.8 Å². The normalized spacial score (nSPS) is 11.4. The van der Waals surface area contributed by atoms with Crippen molar-refractivity contribution < 1.29 is 0 Å². The van der Waals surface area contributed by atoms with E-state index >= 15 is 0 Å². The lowest BCUT2D eigenvalue weighted by Gasteiger charge is -2.08. The summed E-state index contributed by atoms with van der Waals surface area (Å²) in [6.45, 7) is 6.64. The van der Waals surface area contributed by atoms with E-state index in [1.165, 1.54) is 21.5 Å². The molecular weight excluding hydrogens is 190 g/mol. The Morgan fingerprint density at radius 3 is 2.86 bits per heavy atom. The molecule has 2 heterocycles. The lowest BCUT2D eigenvalue weighted by molar-refractivity contribution is 0.868. The Bertz CT molecular complexity index is 443. The maximum absolute atomic E-state index is 4.62. The van der Waals surface area contributed by atoms with Gasteiger partial charge in [0.2, 0.25) is 0 Å². The average molecular weight is 205 g/mol. The molecule has 0 aliphatic heterocycles. The van der Waals surface area contributed by atoms with Crippen molar-refractivity contribution in [3.63, 3.8) is 0 Å². The van der Waals surface area contributed by atoms with Crippen LogP contribution in [0.2, 0.25) is 0 Å². The first-order chi connectivity index (χ1) is 6.72. The molecule has 0 N–H and O–H groups in total. The van der Waals surface area contributed by atoms with E-state index in [9.17, 15) is 0 Å². The second-order valence-corrected chi connectivity index (χ2v) is 4.75. The topological polar surface area (TPSA) is 12.9 Å². The molecule has 0 radical (unpaired) electrons. The third-order valence-corrected chi connectivity index (χ3v) is 3.31. The molecule has 0 spiro atoms. The number of aromatic nitrogens is 1. The van der Waals surface area contributed by atoms with Crippen LogP contribution in [0.25, 0.3) is 10.2 Å². The highest BCUT2D eigenvalue weighted by Crippen LogP contribution is 2.28. The minimum atomic E-state index is 0.584. The lowest BCUT2D eigenvalue weighted by Crippen LogP contribution is -1.94. The molecule has 74 valence electrons. The third kappa shape index (κ3) is 1.55. The van der Waals surface area contributed by atoms with Crippen LogP contribution in [0.15, 0.2) is 17.5 Å². The summed E-state index contributed by atoms with van der Waals surface area (Å²) in [6.07, 6.45) is 1.02. The number of rotatable bonds is 2. The Hall–Kier alpha value is -0.890. The molecule has 0 saturated carbocycles. The van der Waals surface area contributed by atoms with Gasteiger partial charge in [-0.05, 0) is 35.4 Å². The molecule has 0 saturated heterocycles. The van der Waals surface area contributed by atoms with Crippen LogP contribution in [-0.2, 0) is 6.42 Å². The van der Waals surface area contributed by atoms with Gasteiger partial charge >= 0.3 is 0 Å². The summed E-state index contributed by atoms with van der Waals surface area (Å²) in [5.74, 6) is 0.584. The van der Waals surface area contributed by atoms with Crippen molar-refractivity contribution in [2.24, 2.45) is 0 Å². The fourth-order valence-electron chi connectivity index (χ4n) is 1.69. The van der Waals surface area contributed by atoms with Gasteiger partial charge in [0, 0.05) is 11.1 Å². The molecule has 0 atom stereocenters. The number of nitrogens with zero attached hydrogens (tertiary/aromatic N) is 1. The van der Waals surface area contributed by atoms with Crippen molar-refractivity contribution in [3.05, 3.63) is 28.8 Å². The van der Waals surface area contributed by atoms with Crippen LogP contribution in [0.1, 0.15) is 37.9 Å². The number of pyridine rings is 1. The summed E-state index contributed by atoms with van der Waals surface area (Å²) in [6, 6.07) is 4.43. The predicted molar refractivity (Wildman–Crippen MR) is 63.1 cm³/mol. The maximum Gasteiger partial charge on any atom is 0.123 e. The fraction of sp³-hybridized carbons (Fsp3) is 0.417. The van der Waals surface area contributed by atoms with E-state index < -0.39 is 0 Å². The molecule has 1 nitrogen and oxygen atoms in total. The van der Waals surface area contributed by atoms with Crippen molar-refractivity contribution in [2.75, 3.05) is 0 Å². The maximum atomic E-state index is 4.62. The summed E-state index contributed by atoms with van der Waals surface area (Å²) < 4.78 is 0. The van der Waals surface area contributed by atoms with Gasteiger partial charge in [-0.2, -0.15) is 0 Å². The first kappa shape index (κ1) is 9.66. The SMILES string of the molecule is CCc1cc(C(C)C)c2ccsc2n1. The zero-order chi connectivity index (χ0) is 10.1. The van der Waals surface area contributed by atoms with E-state index in [2.05, 4.69) is 43.3 Å². The quantitative estimate of drug-likeness (QED) is 0.722. The molecule has 0 aliphatic rings. The van der Waals surface area contributed by atoms with Crippen molar-refractivity contribution in [1.29, 1.82) is 0 Å². The zero-order valence-electron chi connectivity index (χ0n) is 8.87. The first-order valence-electron chi connectivity index (χ1n) is 5.09. The van der Waals surface area contributed by atoms with Crippen LogP contribution in [0.4, 0.5) is 0 Å². The van der Waals surface area contributed by atoms with Crippen LogP contribution in [0, 0.1) is 0 Å². The summed E-state index contributed by atoms with van der Waals surface area (Å²) in [5, 5.41) is 3.46. The van der Waals surface area contributed by atoms with Crippen molar-refractivity contribution in [2.45, 2.75) is 33.1 Å². The highest BCUT2D eigenvalue weighted by molar-refractivity contribution is 7.16. The molecule has 0 amide bonds.